The Morgan fingerprint density at radius 3 is 2.62 bits per heavy atom. The molecule has 1 heterocycles. The number of nitriles is 1. The van der Waals surface area contributed by atoms with Gasteiger partial charge in [0.05, 0.1) is 11.3 Å². The first kappa shape index (κ1) is 21.7. The lowest BCUT2D eigenvalue weighted by molar-refractivity contribution is -0.141. The Morgan fingerprint density at radius 2 is 2.03 bits per heavy atom. The quantitative estimate of drug-likeness (QED) is 0.451. The number of amides is 1. The molecule has 0 unspecified atom stereocenters. The summed E-state index contributed by atoms with van der Waals surface area (Å²) < 4.78 is 52.1. The molecule has 0 aliphatic rings. The molecule has 0 bridgehead atoms. The molecule has 2 aromatic rings. The van der Waals surface area contributed by atoms with Gasteiger partial charge in [-0.2, -0.15) is 18.4 Å². The lowest BCUT2D eigenvalue weighted by atomic mass is 10.1. The molecule has 152 valence electrons. The third kappa shape index (κ3) is 5.44. The van der Waals surface area contributed by atoms with Gasteiger partial charge >= 0.3 is 6.18 Å². The first-order valence-corrected chi connectivity index (χ1v) is 8.22. The van der Waals surface area contributed by atoms with Crippen LogP contribution in [-0.4, -0.2) is 25.0 Å². The number of nitrogen functional groups attached to an aromatic ring is 1. The molecule has 2 rings (SSSR count). The molecule has 0 spiro atoms. The standard InChI is InChI=1S/C19H17F4N5O/c1-28(2)18-12(3-5-15(27-18)19(21,22)23)4-6-16(29)26-10-11-7-13(9-24)17(25)14(20)8-11/h3-8H,10,25H2,1-2H3,(H,26,29)/b6-4+. The van der Waals surface area contributed by atoms with Gasteiger partial charge in [-0.15, -0.1) is 0 Å². The van der Waals surface area contributed by atoms with Crippen LogP contribution in [0.15, 0.2) is 30.3 Å². The Bertz CT molecular complexity index is 993. The van der Waals surface area contributed by atoms with E-state index in [0.717, 1.165) is 18.2 Å². The largest absolute Gasteiger partial charge is 0.433 e. The highest BCUT2D eigenvalue weighted by Crippen LogP contribution is 2.30. The lowest BCUT2D eigenvalue weighted by Crippen LogP contribution is -2.20. The van der Waals surface area contributed by atoms with Crippen molar-refractivity contribution in [3.63, 3.8) is 0 Å². The van der Waals surface area contributed by atoms with Crippen molar-refractivity contribution < 1.29 is 22.4 Å². The molecule has 1 aromatic heterocycles. The van der Waals surface area contributed by atoms with E-state index >= 15 is 0 Å². The van der Waals surface area contributed by atoms with E-state index in [9.17, 15) is 22.4 Å². The SMILES string of the molecule is CN(C)c1nc(C(F)(F)F)ccc1/C=C/C(=O)NCc1cc(F)c(N)c(C#N)c1. The van der Waals surface area contributed by atoms with E-state index in [-0.39, 0.29) is 23.6 Å². The number of benzene rings is 1. The highest BCUT2D eigenvalue weighted by atomic mass is 19.4. The number of hydrogen-bond donors (Lipinski definition) is 2. The maximum absolute atomic E-state index is 13.7. The van der Waals surface area contributed by atoms with Gasteiger partial charge in [-0.05, 0) is 35.9 Å². The van der Waals surface area contributed by atoms with Gasteiger partial charge in [0.25, 0.3) is 0 Å². The molecule has 0 fully saturated rings. The molecular formula is C19H17F4N5O. The molecule has 6 nitrogen and oxygen atoms in total. The second kappa shape index (κ2) is 8.60. The Morgan fingerprint density at radius 1 is 1.34 bits per heavy atom. The van der Waals surface area contributed by atoms with Gasteiger partial charge in [0.15, 0.2) is 0 Å². The zero-order valence-electron chi connectivity index (χ0n) is 15.5. The fourth-order valence-corrected chi connectivity index (χ4v) is 2.39. The van der Waals surface area contributed by atoms with Crippen molar-refractivity contribution in [1.29, 1.82) is 5.26 Å². The van der Waals surface area contributed by atoms with E-state index in [1.54, 1.807) is 6.07 Å². The van der Waals surface area contributed by atoms with Crippen LogP contribution < -0.4 is 16.0 Å². The summed E-state index contributed by atoms with van der Waals surface area (Å²) in [5.74, 6) is -1.29. The minimum atomic E-state index is -4.58. The van der Waals surface area contributed by atoms with E-state index < -0.39 is 23.6 Å². The van der Waals surface area contributed by atoms with Crippen LogP contribution in [-0.2, 0) is 17.5 Å². The highest BCUT2D eigenvalue weighted by molar-refractivity contribution is 5.92. The van der Waals surface area contributed by atoms with Crippen molar-refractivity contribution in [2.75, 3.05) is 24.7 Å². The number of carbonyl (C=O) groups excluding carboxylic acids is 1. The first-order valence-electron chi connectivity index (χ1n) is 8.22. The van der Waals surface area contributed by atoms with Gasteiger partial charge < -0.3 is 16.0 Å². The van der Waals surface area contributed by atoms with Gasteiger partial charge in [-0.3, -0.25) is 4.79 Å². The van der Waals surface area contributed by atoms with Crippen LogP contribution in [0, 0.1) is 17.1 Å². The van der Waals surface area contributed by atoms with Crippen molar-refractivity contribution in [3.8, 4) is 6.07 Å². The Hall–Kier alpha value is -3.61. The van der Waals surface area contributed by atoms with Gasteiger partial charge in [-0.1, -0.05) is 0 Å². The number of pyridine rings is 1. The molecule has 0 saturated carbocycles. The fourth-order valence-electron chi connectivity index (χ4n) is 2.39. The van der Waals surface area contributed by atoms with Crippen LogP contribution in [0.2, 0.25) is 0 Å². The number of nitrogens with one attached hydrogen (secondary N) is 1. The van der Waals surface area contributed by atoms with Gasteiger partial charge in [0.2, 0.25) is 5.91 Å². The smallest absolute Gasteiger partial charge is 0.395 e. The zero-order chi connectivity index (χ0) is 21.8. The number of hydrogen-bond acceptors (Lipinski definition) is 5. The molecule has 0 radical (unpaired) electrons. The average molecular weight is 407 g/mol. The summed E-state index contributed by atoms with van der Waals surface area (Å²) in [5.41, 5.74) is 4.72. The molecule has 0 aliphatic heterocycles. The first-order chi connectivity index (χ1) is 13.5. The van der Waals surface area contributed by atoms with E-state index in [1.807, 2.05) is 0 Å². The number of halogens is 4. The minimum absolute atomic E-state index is 0.0446. The molecule has 10 heteroatoms. The van der Waals surface area contributed by atoms with Crippen molar-refractivity contribution in [2.45, 2.75) is 12.7 Å². The van der Waals surface area contributed by atoms with Crippen LogP contribution in [0.5, 0.6) is 0 Å². The van der Waals surface area contributed by atoms with Gasteiger partial charge in [0, 0.05) is 32.3 Å². The maximum atomic E-state index is 13.7. The third-order valence-electron chi connectivity index (χ3n) is 3.81. The topological polar surface area (TPSA) is 95.0 Å². The third-order valence-corrected chi connectivity index (χ3v) is 3.81. The van der Waals surface area contributed by atoms with Gasteiger partial charge in [0.1, 0.15) is 23.4 Å². The fraction of sp³-hybridized carbons (Fsp3) is 0.211. The summed E-state index contributed by atoms with van der Waals surface area (Å²) in [7, 11) is 3.06. The number of nitrogens with two attached hydrogens (primary N) is 1. The molecule has 1 amide bonds. The molecule has 0 atom stereocenters. The predicted molar refractivity (Wildman–Crippen MR) is 100.0 cm³/mol. The Labute approximate surface area is 164 Å². The Balaban J connectivity index is 2.13. The van der Waals surface area contributed by atoms with E-state index in [2.05, 4.69) is 10.3 Å². The summed E-state index contributed by atoms with van der Waals surface area (Å²) in [6, 6.07) is 6.25. The number of alkyl halides is 3. The van der Waals surface area contributed by atoms with E-state index in [4.69, 9.17) is 11.0 Å². The van der Waals surface area contributed by atoms with Crippen molar-refractivity contribution in [2.24, 2.45) is 0 Å². The Kier molecular flexibility index (Phi) is 6.43. The summed E-state index contributed by atoms with van der Waals surface area (Å²) in [5, 5.41) is 11.4. The molecule has 1 aromatic carbocycles. The van der Waals surface area contributed by atoms with Crippen LogP contribution >= 0.6 is 0 Å². The number of aromatic nitrogens is 1. The summed E-state index contributed by atoms with van der Waals surface area (Å²) in [4.78, 5) is 17.0. The molecule has 29 heavy (non-hydrogen) atoms. The van der Waals surface area contributed by atoms with Crippen LogP contribution in [0.3, 0.4) is 0 Å². The van der Waals surface area contributed by atoms with Crippen LogP contribution in [0.25, 0.3) is 6.08 Å². The second-order valence-electron chi connectivity index (χ2n) is 6.20. The van der Waals surface area contributed by atoms with Gasteiger partial charge in [-0.25, -0.2) is 9.37 Å². The number of rotatable bonds is 5. The predicted octanol–water partition coefficient (Wildman–Crippen LogP) is 3.09. The van der Waals surface area contributed by atoms with Crippen LogP contribution in [0.4, 0.5) is 29.1 Å². The monoisotopic (exact) mass is 407 g/mol. The normalized spacial score (nSPS) is 11.3. The van der Waals surface area contributed by atoms with E-state index in [0.29, 0.717) is 11.1 Å². The second-order valence-corrected chi connectivity index (χ2v) is 6.20. The molecule has 0 aliphatic carbocycles. The molecular weight excluding hydrogens is 390 g/mol. The number of anilines is 2. The number of carbonyl (C=O) groups is 1. The molecule has 0 saturated heterocycles. The molecule has 3 N–H and O–H groups in total. The number of nitrogens with zero attached hydrogens (tertiary/aromatic N) is 3. The minimum Gasteiger partial charge on any atom is -0.395 e. The van der Waals surface area contributed by atoms with Crippen molar-refractivity contribution >= 4 is 23.5 Å². The van der Waals surface area contributed by atoms with Crippen molar-refractivity contribution in [3.05, 3.63) is 58.5 Å². The van der Waals surface area contributed by atoms with Crippen molar-refractivity contribution in [1.82, 2.24) is 10.3 Å². The summed E-state index contributed by atoms with van der Waals surface area (Å²) in [6.07, 6.45) is -2.14. The van der Waals surface area contributed by atoms with E-state index in [1.165, 1.54) is 37.2 Å². The average Bonchev–Trinajstić information content (AvgIpc) is 2.66. The highest BCUT2D eigenvalue weighted by Gasteiger charge is 2.33. The maximum Gasteiger partial charge on any atom is 0.433 e. The lowest BCUT2D eigenvalue weighted by Gasteiger charge is -2.16. The summed E-state index contributed by atoms with van der Waals surface area (Å²) in [6.45, 7) is -0.0686. The van der Waals surface area contributed by atoms with Crippen LogP contribution in [0.1, 0.15) is 22.4 Å². The summed E-state index contributed by atoms with van der Waals surface area (Å²) >= 11 is 0. The zero-order valence-corrected chi connectivity index (χ0v) is 15.5.